The van der Waals surface area contributed by atoms with Gasteiger partial charge in [0.05, 0.1) is 0 Å². The Balaban J connectivity index is 1.92. The molecule has 1 N–H and O–H groups in total. The van der Waals surface area contributed by atoms with Crippen molar-refractivity contribution in [3.05, 3.63) is 33.8 Å². The maximum atomic E-state index is 3.68. The minimum atomic E-state index is 0.732. The van der Waals surface area contributed by atoms with Crippen LogP contribution in [0.2, 0.25) is 0 Å². The molecule has 106 valence electrons. The third-order valence-corrected chi connectivity index (χ3v) is 5.09. The fourth-order valence-corrected chi connectivity index (χ4v) is 3.60. The van der Waals surface area contributed by atoms with Crippen LogP contribution in [-0.2, 0) is 6.54 Å². The van der Waals surface area contributed by atoms with Gasteiger partial charge in [-0.2, -0.15) is 0 Å². The zero-order valence-electron chi connectivity index (χ0n) is 12.2. The normalized spacial score (nSPS) is 23.8. The lowest BCUT2D eigenvalue weighted by molar-refractivity contribution is 0.169. The first kappa shape index (κ1) is 15.0. The van der Waals surface area contributed by atoms with Gasteiger partial charge in [0.2, 0.25) is 0 Å². The average molecular weight is 325 g/mol. The standard InChI is InChI=1S/C16H25BrN2/c1-12-4-5-13(16(17)10-12)11-19(3)15-8-6-14(18-2)7-9-15/h4-5,10,14-15,18H,6-9,11H2,1-3H3. The molecule has 0 saturated heterocycles. The second-order valence-electron chi connectivity index (χ2n) is 5.80. The van der Waals surface area contributed by atoms with Crippen LogP contribution in [-0.4, -0.2) is 31.1 Å². The lowest BCUT2D eigenvalue weighted by atomic mass is 9.90. The van der Waals surface area contributed by atoms with E-state index in [1.165, 1.54) is 41.3 Å². The van der Waals surface area contributed by atoms with Gasteiger partial charge in [-0.05, 0) is 63.9 Å². The monoisotopic (exact) mass is 324 g/mol. The molecule has 0 bridgehead atoms. The number of hydrogen-bond donors (Lipinski definition) is 1. The molecule has 1 aromatic rings. The first-order chi connectivity index (χ1) is 9.10. The lowest BCUT2D eigenvalue weighted by Crippen LogP contribution is -2.39. The smallest absolute Gasteiger partial charge is 0.0244 e. The Morgan fingerprint density at radius 3 is 2.53 bits per heavy atom. The summed E-state index contributed by atoms with van der Waals surface area (Å²) in [6.45, 7) is 3.17. The highest BCUT2D eigenvalue weighted by Crippen LogP contribution is 2.25. The third-order valence-electron chi connectivity index (χ3n) is 4.36. The third kappa shape index (κ3) is 4.04. The van der Waals surface area contributed by atoms with E-state index in [0.29, 0.717) is 0 Å². The summed E-state index contributed by atoms with van der Waals surface area (Å²) in [6, 6.07) is 8.12. The van der Waals surface area contributed by atoms with Crippen molar-refractivity contribution < 1.29 is 0 Å². The Morgan fingerprint density at radius 1 is 1.26 bits per heavy atom. The molecule has 0 aliphatic heterocycles. The first-order valence-electron chi connectivity index (χ1n) is 7.22. The fourth-order valence-electron chi connectivity index (χ4n) is 2.98. The summed E-state index contributed by atoms with van der Waals surface area (Å²) in [5, 5.41) is 3.40. The highest BCUT2D eigenvalue weighted by atomic mass is 79.9. The van der Waals surface area contributed by atoms with E-state index in [4.69, 9.17) is 0 Å². The van der Waals surface area contributed by atoms with Crippen molar-refractivity contribution in [2.45, 2.75) is 51.2 Å². The fraction of sp³-hybridized carbons (Fsp3) is 0.625. The number of aryl methyl sites for hydroxylation is 1. The summed E-state index contributed by atoms with van der Waals surface area (Å²) in [4.78, 5) is 2.52. The molecule has 0 atom stereocenters. The van der Waals surface area contributed by atoms with Crippen molar-refractivity contribution in [3.8, 4) is 0 Å². The van der Waals surface area contributed by atoms with E-state index in [1.54, 1.807) is 0 Å². The second kappa shape index (κ2) is 6.87. The Hall–Kier alpha value is -0.380. The molecular weight excluding hydrogens is 300 g/mol. The van der Waals surface area contributed by atoms with Crippen molar-refractivity contribution in [2.24, 2.45) is 0 Å². The van der Waals surface area contributed by atoms with Crippen LogP contribution in [0, 0.1) is 6.92 Å². The molecule has 1 saturated carbocycles. The molecule has 2 nitrogen and oxygen atoms in total. The zero-order valence-corrected chi connectivity index (χ0v) is 13.8. The lowest BCUT2D eigenvalue weighted by Gasteiger charge is -2.34. The Morgan fingerprint density at radius 2 is 1.95 bits per heavy atom. The molecule has 0 radical (unpaired) electrons. The Kier molecular flexibility index (Phi) is 5.43. The minimum Gasteiger partial charge on any atom is -0.317 e. The molecule has 3 heteroatoms. The molecule has 19 heavy (non-hydrogen) atoms. The van der Waals surface area contributed by atoms with E-state index >= 15 is 0 Å². The molecule has 0 aromatic heterocycles. The van der Waals surface area contributed by atoms with E-state index < -0.39 is 0 Å². The number of nitrogens with zero attached hydrogens (tertiary/aromatic N) is 1. The predicted octanol–water partition coefficient (Wildman–Crippen LogP) is 3.72. The topological polar surface area (TPSA) is 15.3 Å². The SMILES string of the molecule is CNC1CCC(N(C)Cc2ccc(C)cc2Br)CC1. The van der Waals surface area contributed by atoms with Crippen LogP contribution >= 0.6 is 15.9 Å². The summed E-state index contributed by atoms with van der Waals surface area (Å²) in [5.41, 5.74) is 2.71. The van der Waals surface area contributed by atoms with Gasteiger partial charge in [0.1, 0.15) is 0 Å². The van der Waals surface area contributed by atoms with E-state index in [9.17, 15) is 0 Å². The van der Waals surface area contributed by atoms with Crippen LogP contribution < -0.4 is 5.32 Å². The highest BCUT2D eigenvalue weighted by molar-refractivity contribution is 9.10. The number of benzene rings is 1. The average Bonchev–Trinajstić information content (AvgIpc) is 2.42. The van der Waals surface area contributed by atoms with E-state index in [-0.39, 0.29) is 0 Å². The Labute approximate surface area is 125 Å². The number of rotatable bonds is 4. The van der Waals surface area contributed by atoms with Crippen LogP contribution in [0.5, 0.6) is 0 Å². The van der Waals surface area contributed by atoms with E-state index in [0.717, 1.165) is 18.6 Å². The molecule has 1 fully saturated rings. The Bertz CT molecular complexity index is 411. The molecule has 0 heterocycles. The number of hydrogen-bond acceptors (Lipinski definition) is 2. The number of nitrogens with one attached hydrogen (secondary N) is 1. The predicted molar refractivity (Wildman–Crippen MR) is 85.4 cm³/mol. The van der Waals surface area contributed by atoms with E-state index in [1.807, 2.05) is 0 Å². The van der Waals surface area contributed by atoms with E-state index in [2.05, 4.69) is 65.4 Å². The highest BCUT2D eigenvalue weighted by Gasteiger charge is 2.23. The van der Waals surface area contributed by atoms with Gasteiger partial charge in [-0.25, -0.2) is 0 Å². The quantitative estimate of drug-likeness (QED) is 0.908. The first-order valence-corrected chi connectivity index (χ1v) is 8.02. The van der Waals surface area contributed by atoms with Crippen molar-refractivity contribution in [1.82, 2.24) is 10.2 Å². The van der Waals surface area contributed by atoms with Gasteiger partial charge >= 0.3 is 0 Å². The van der Waals surface area contributed by atoms with Gasteiger partial charge in [-0.15, -0.1) is 0 Å². The van der Waals surface area contributed by atoms with Crippen molar-refractivity contribution in [2.75, 3.05) is 14.1 Å². The van der Waals surface area contributed by atoms with Gasteiger partial charge in [0.25, 0.3) is 0 Å². The molecule has 0 spiro atoms. The molecule has 0 unspecified atom stereocenters. The maximum Gasteiger partial charge on any atom is 0.0244 e. The van der Waals surface area contributed by atoms with Crippen LogP contribution in [0.15, 0.2) is 22.7 Å². The van der Waals surface area contributed by atoms with Crippen molar-refractivity contribution in [3.63, 3.8) is 0 Å². The van der Waals surface area contributed by atoms with Crippen LogP contribution in [0.3, 0.4) is 0 Å². The van der Waals surface area contributed by atoms with Crippen molar-refractivity contribution >= 4 is 15.9 Å². The molecule has 0 amide bonds. The number of halogens is 1. The van der Waals surface area contributed by atoms with Crippen molar-refractivity contribution in [1.29, 1.82) is 0 Å². The largest absolute Gasteiger partial charge is 0.317 e. The van der Waals surface area contributed by atoms with Gasteiger partial charge < -0.3 is 5.32 Å². The maximum absolute atomic E-state index is 3.68. The van der Waals surface area contributed by atoms with Gasteiger partial charge in [-0.3, -0.25) is 4.90 Å². The second-order valence-corrected chi connectivity index (χ2v) is 6.66. The zero-order chi connectivity index (χ0) is 13.8. The summed E-state index contributed by atoms with van der Waals surface area (Å²) in [5.74, 6) is 0. The molecule has 1 aromatic carbocycles. The summed E-state index contributed by atoms with van der Waals surface area (Å²) < 4.78 is 1.24. The molecular formula is C16H25BrN2. The van der Waals surface area contributed by atoms with Crippen LogP contribution in [0.4, 0.5) is 0 Å². The summed E-state index contributed by atoms with van der Waals surface area (Å²) in [6.07, 6.45) is 5.23. The van der Waals surface area contributed by atoms with Gasteiger partial charge in [-0.1, -0.05) is 28.1 Å². The summed E-state index contributed by atoms with van der Waals surface area (Å²) >= 11 is 3.68. The van der Waals surface area contributed by atoms with Crippen LogP contribution in [0.1, 0.15) is 36.8 Å². The molecule has 1 aliphatic carbocycles. The van der Waals surface area contributed by atoms with Gasteiger partial charge in [0.15, 0.2) is 0 Å². The van der Waals surface area contributed by atoms with Gasteiger partial charge in [0, 0.05) is 23.1 Å². The summed E-state index contributed by atoms with van der Waals surface area (Å²) in [7, 11) is 4.34. The molecule has 1 aliphatic rings. The minimum absolute atomic E-state index is 0.732. The molecule has 2 rings (SSSR count). The van der Waals surface area contributed by atoms with Crippen LogP contribution in [0.25, 0.3) is 0 Å².